The van der Waals surface area contributed by atoms with Gasteiger partial charge in [0.25, 0.3) is 0 Å². The van der Waals surface area contributed by atoms with E-state index in [9.17, 15) is 0 Å². The van der Waals surface area contributed by atoms with Crippen LogP contribution >= 0.6 is 0 Å². The smallest absolute Gasteiger partial charge is 0.00516 e. The van der Waals surface area contributed by atoms with E-state index in [4.69, 9.17) is 0 Å². The summed E-state index contributed by atoms with van der Waals surface area (Å²) in [5.41, 5.74) is 1.35. The van der Waals surface area contributed by atoms with Gasteiger partial charge in [-0.25, -0.2) is 0 Å². The molecule has 0 amide bonds. The van der Waals surface area contributed by atoms with E-state index in [1.807, 2.05) is 0 Å². The van der Waals surface area contributed by atoms with Crippen LogP contribution in [0, 0.1) is 22.7 Å². The SMILES string of the molecule is CCC(CCNCC1(CC(C)C)CC1)CN1CC2(CCN(C(C)C)CC2)C1. The average Bonchev–Trinajstić information content (AvgIpc) is 3.35. The second-order valence-electron chi connectivity index (χ2n) is 11.1. The average molecular weight is 378 g/mol. The first-order chi connectivity index (χ1) is 12.9. The van der Waals surface area contributed by atoms with Crippen molar-refractivity contribution in [2.24, 2.45) is 22.7 Å². The van der Waals surface area contributed by atoms with E-state index in [2.05, 4.69) is 49.7 Å². The van der Waals surface area contributed by atoms with Gasteiger partial charge in [0.2, 0.25) is 0 Å². The van der Waals surface area contributed by atoms with Crippen molar-refractivity contribution in [2.45, 2.75) is 85.6 Å². The fourth-order valence-electron chi connectivity index (χ4n) is 5.81. The van der Waals surface area contributed by atoms with Crippen LogP contribution < -0.4 is 5.32 Å². The van der Waals surface area contributed by atoms with E-state index >= 15 is 0 Å². The Kier molecular flexibility index (Phi) is 7.30. The minimum absolute atomic E-state index is 0.671. The number of nitrogens with one attached hydrogen (secondary N) is 1. The van der Waals surface area contributed by atoms with Gasteiger partial charge in [0.05, 0.1) is 0 Å². The Labute approximate surface area is 169 Å². The number of nitrogens with zero attached hydrogens (tertiary/aromatic N) is 2. The molecule has 0 radical (unpaired) electrons. The van der Waals surface area contributed by atoms with Gasteiger partial charge in [0.1, 0.15) is 0 Å². The van der Waals surface area contributed by atoms with Gasteiger partial charge in [-0.2, -0.15) is 0 Å². The predicted octanol–water partition coefficient (Wildman–Crippen LogP) is 4.62. The van der Waals surface area contributed by atoms with Gasteiger partial charge in [0.15, 0.2) is 0 Å². The topological polar surface area (TPSA) is 18.5 Å². The lowest BCUT2D eigenvalue weighted by atomic mass is 9.71. The van der Waals surface area contributed by atoms with Crippen molar-refractivity contribution in [1.82, 2.24) is 15.1 Å². The predicted molar refractivity (Wildman–Crippen MR) is 117 cm³/mol. The monoisotopic (exact) mass is 377 g/mol. The van der Waals surface area contributed by atoms with Gasteiger partial charge in [-0.15, -0.1) is 0 Å². The lowest BCUT2D eigenvalue weighted by molar-refractivity contribution is -0.0582. The fraction of sp³-hybridized carbons (Fsp3) is 1.00. The van der Waals surface area contributed by atoms with Crippen molar-refractivity contribution in [3.05, 3.63) is 0 Å². The molecule has 1 saturated carbocycles. The molecule has 1 spiro atoms. The van der Waals surface area contributed by atoms with Crippen LogP contribution in [0.5, 0.6) is 0 Å². The van der Waals surface area contributed by atoms with E-state index in [-0.39, 0.29) is 0 Å². The zero-order valence-electron chi connectivity index (χ0n) is 19.0. The van der Waals surface area contributed by atoms with Crippen molar-refractivity contribution >= 4 is 0 Å². The van der Waals surface area contributed by atoms with Crippen LogP contribution in [0.15, 0.2) is 0 Å². The molecule has 3 nitrogen and oxygen atoms in total. The maximum Gasteiger partial charge on any atom is 0.00516 e. The molecule has 1 aliphatic carbocycles. The maximum absolute atomic E-state index is 3.82. The summed E-state index contributed by atoms with van der Waals surface area (Å²) >= 11 is 0. The van der Waals surface area contributed by atoms with Crippen molar-refractivity contribution in [3.8, 4) is 0 Å². The van der Waals surface area contributed by atoms with Crippen LogP contribution in [-0.4, -0.2) is 61.7 Å². The highest BCUT2D eigenvalue weighted by Gasteiger charge is 2.45. The minimum Gasteiger partial charge on any atom is -0.316 e. The molecule has 2 saturated heterocycles. The minimum atomic E-state index is 0.671. The molecule has 1 N–H and O–H groups in total. The Morgan fingerprint density at radius 1 is 0.963 bits per heavy atom. The summed E-state index contributed by atoms with van der Waals surface area (Å²) in [7, 11) is 0. The van der Waals surface area contributed by atoms with Gasteiger partial charge in [0, 0.05) is 32.2 Å². The molecule has 0 aromatic carbocycles. The maximum atomic E-state index is 3.82. The van der Waals surface area contributed by atoms with Crippen LogP contribution in [0.3, 0.4) is 0 Å². The normalized spacial score (nSPS) is 25.9. The van der Waals surface area contributed by atoms with Crippen molar-refractivity contribution < 1.29 is 0 Å². The van der Waals surface area contributed by atoms with E-state index in [1.54, 1.807) is 0 Å². The summed E-state index contributed by atoms with van der Waals surface area (Å²) in [4.78, 5) is 5.43. The standard InChI is InChI=1S/C24H47N3/c1-6-22(7-12-25-17-23(8-9-23)15-20(2)3)16-26-18-24(19-26)10-13-27(14-11-24)21(4)5/h20-22,25H,6-19H2,1-5H3. The van der Waals surface area contributed by atoms with Crippen molar-refractivity contribution in [3.63, 3.8) is 0 Å². The van der Waals surface area contributed by atoms with Gasteiger partial charge >= 0.3 is 0 Å². The Hall–Kier alpha value is -0.120. The third kappa shape index (κ3) is 5.93. The number of piperidine rings is 1. The molecule has 0 aromatic rings. The summed E-state index contributed by atoms with van der Waals surface area (Å²) in [5, 5.41) is 3.82. The lowest BCUT2D eigenvalue weighted by Crippen LogP contribution is -2.61. The number of hydrogen-bond acceptors (Lipinski definition) is 3. The molecule has 0 aromatic heterocycles. The fourth-order valence-corrected chi connectivity index (χ4v) is 5.81. The third-order valence-corrected chi connectivity index (χ3v) is 7.83. The molecule has 1 atom stereocenters. The Bertz CT molecular complexity index is 439. The Balaban J connectivity index is 1.29. The second-order valence-corrected chi connectivity index (χ2v) is 11.1. The lowest BCUT2D eigenvalue weighted by Gasteiger charge is -2.55. The first-order valence-electron chi connectivity index (χ1n) is 12.0. The van der Waals surface area contributed by atoms with Crippen LogP contribution in [0.25, 0.3) is 0 Å². The van der Waals surface area contributed by atoms with Gasteiger partial charge in [-0.3, -0.25) is 0 Å². The highest BCUT2D eigenvalue weighted by atomic mass is 15.2. The zero-order valence-corrected chi connectivity index (χ0v) is 19.0. The largest absolute Gasteiger partial charge is 0.316 e. The molecule has 2 heterocycles. The number of likely N-dealkylation sites (tertiary alicyclic amines) is 2. The number of hydrogen-bond donors (Lipinski definition) is 1. The quantitative estimate of drug-likeness (QED) is 0.530. The molecule has 0 bridgehead atoms. The first kappa shape index (κ1) is 21.6. The summed E-state index contributed by atoms with van der Waals surface area (Å²) in [6, 6.07) is 0.728. The molecule has 27 heavy (non-hydrogen) atoms. The Morgan fingerprint density at radius 2 is 1.63 bits per heavy atom. The molecule has 3 fully saturated rings. The highest BCUT2D eigenvalue weighted by Crippen LogP contribution is 2.50. The Morgan fingerprint density at radius 3 is 2.15 bits per heavy atom. The molecule has 158 valence electrons. The summed E-state index contributed by atoms with van der Waals surface area (Å²) in [6.07, 6.45) is 9.89. The highest BCUT2D eigenvalue weighted by molar-refractivity contribution is 4.99. The molecule has 3 rings (SSSR count). The first-order valence-corrected chi connectivity index (χ1v) is 12.0. The molecular weight excluding hydrogens is 330 g/mol. The van der Waals surface area contributed by atoms with Crippen LogP contribution in [0.4, 0.5) is 0 Å². The zero-order chi connectivity index (χ0) is 19.5. The third-order valence-electron chi connectivity index (χ3n) is 7.83. The van der Waals surface area contributed by atoms with Crippen LogP contribution in [0.1, 0.15) is 79.6 Å². The molecule has 1 unspecified atom stereocenters. The molecular formula is C24H47N3. The molecule has 3 heteroatoms. The second kappa shape index (κ2) is 9.13. The van der Waals surface area contributed by atoms with E-state index < -0.39 is 0 Å². The van der Waals surface area contributed by atoms with E-state index in [0.29, 0.717) is 10.8 Å². The van der Waals surface area contributed by atoms with E-state index in [1.165, 1.54) is 90.8 Å². The van der Waals surface area contributed by atoms with Gasteiger partial charge in [-0.05, 0) is 94.7 Å². The van der Waals surface area contributed by atoms with Crippen LogP contribution in [0.2, 0.25) is 0 Å². The van der Waals surface area contributed by atoms with E-state index in [0.717, 1.165) is 17.9 Å². The van der Waals surface area contributed by atoms with Gasteiger partial charge in [-0.1, -0.05) is 27.2 Å². The summed E-state index contributed by atoms with van der Waals surface area (Å²) < 4.78 is 0. The molecule has 3 aliphatic rings. The van der Waals surface area contributed by atoms with Crippen LogP contribution in [-0.2, 0) is 0 Å². The molecule has 2 aliphatic heterocycles. The van der Waals surface area contributed by atoms with Crippen molar-refractivity contribution in [1.29, 1.82) is 0 Å². The summed E-state index contributed by atoms with van der Waals surface area (Å²) in [6.45, 7) is 21.1. The summed E-state index contributed by atoms with van der Waals surface area (Å²) in [5.74, 6) is 1.73. The van der Waals surface area contributed by atoms with Crippen molar-refractivity contribution in [2.75, 3.05) is 45.8 Å². The number of rotatable bonds is 11. The van der Waals surface area contributed by atoms with Gasteiger partial charge < -0.3 is 15.1 Å².